The van der Waals surface area contributed by atoms with Gasteiger partial charge < -0.3 is 20.1 Å². The Morgan fingerprint density at radius 3 is 2.82 bits per heavy atom. The zero-order chi connectivity index (χ0) is 11.8. The van der Waals surface area contributed by atoms with Crippen LogP contribution in [0.3, 0.4) is 0 Å². The fourth-order valence-corrected chi connectivity index (χ4v) is 2.26. The lowest BCUT2D eigenvalue weighted by molar-refractivity contribution is 0.0231. The van der Waals surface area contributed by atoms with Crippen molar-refractivity contribution >= 4 is 0 Å². The molecule has 2 aliphatic heterocycles. The van der Waals surface area contributed by atoms with Crippen LogP contribution in [-0.4, -0.2) is 76.6 Å². The Balaban J connectivity index is 1.42. The smallest absolute Gasteiger partial charge is 0.0712 e. The molecule has 0 aliphatic carbocycles. The number of morpholine rings is 2. The fourth-order valence-electron chi connectivity index (χ4n) is 2.26. The molecule has 0 aromatic heterocycles. The van der Waals surface area contributed by atoms with Gasteiger partial charge in [-0.1, -0.05) is 0 Å². The van der Waals surface area contributed by atoms with Crippen molar-refractivity contribution in [1.29, 1.82) is 0 Å². The predicted molar refractivity (Wildman–Crippen MR) is 67.4 cm³/mol. The van der Waals surface area contributed by atoms with E-state index >= 15 is 0 Å². The lowest BCUT2D eigenvalue weighted by Crippen LogP contribution is -2.42. The first-order valence-electron chi connectivity index (χ1n) is 6.78. The fraction of sp³-hybridized carbons (Fsp3) is 1.00. The van der Waals surface area contributed by atoms with Gasteiger partial charge in [-0.25, -0.2) is 0 Å². The van der Waals surface area contributed by atoms with E-state index in [1.807, 2.05) is 0 Å². The number of nitrogens with one attached hydrogen (secondary N) is 2. The van der Waals surface area contributed by atoms with Gasteiger partial charge in [0.1, 0.15) is 0 Å². The van der Waals surface area contributed by atoms with Gasteiger partial charge in [0, 0.05) is 39.3 Å². The second-order valence-electron chi connectivity index (χ2n) is 4.69. The summed E-state index contributed by atoms with van der Waals surface area (Å²) < 4.78 is 11.0. The molecule has 0 amide bonds. The highest BCUT2D eigenvalue weighted by Crippen LogP contribution is 2.00. The maximum atomic E-state index is 5.65. The Labute approximate surface area is 104 Å². The SMILES string of the molecule is C(CC1CNCCO1)NCCN1CCOCC1. The third-order valence-corrected chi connectivity index (χ3v) is 3.36. The summed E-state index contributed by atoms with van der Waals surface area (Å²) in [7, 11) is 0. The van der Waals surface area contributed by atoms with Crippen molar-refractivity contribution in [2.24, 2.45) is 0 Å². The highest BCUT2D eigenvalue weighted by atomic mass is 16.5. The van der Waals surface area contributed by atoms with Crippen LogP contribution in [0.15, 0.2) is 0 Å². The molecule has 0 saturated carbocycles. The molecule has 0 aromatic rings. The summed E-state index contributed by atoms with van der Waals surface area (Å²) in [6.45, 7) is 10.1. The maximum Gasteiger partial charge on any atom is 0.0712 e. The summed E-state index contributed by atoms with van der Waals surface area (Å²) in [4.78, 5) is 2.45. The summed E-state index contributed by atoms with van der Waals surface area (Å²) in [5.74, 6) is 0. The minimum absolute atomic E-state index is 0.402. The second kappa shape index (κ2) is 8.00. The molecule has 0 radical (unpaired) electrons. The Morgan fingerprint density at radius 2 is 2.06 bits per heavy atom. The molecule has 1 atom stereocenters. The van der Waals surface area contributed by atoms with E-state index in [1.54, 1.807) is 0 Å². The summed E-state index contributed by atoms with van der Waals surface area (Å²) in [5.41, 5.74) is 0. The van der Waals surface area contributed by atoms with E-state index in [2.05, 4.69) is 15.5 Å². The first-order chi connectivity index (χ1) is 8.45. The van der Waals surface area contributed by atoms with Crippen LogP contribution in [0.2, 0.25) is 0 Å². The van der Waals surface area contributed by atoms with E-state index in [4.69, 9.17) is 9.47 Å². The monoisotopic (exact) mass is 243 g/mol. The van der Waals surface area contributed by atoms with Gasteiger partial charge in [0.2, 0.25) is 0 Å². The lowest BCUT2D eigenvalue weighted by Gasteiger charge is -2.27. The lowest BCUT2D eigenvalue weighted by atomic mass is 10.2. The number of nitrogens with zero attached hydrogens (tertiary/aromatic N) is 1. The van der Waals surface area contributed by atoms with E-state index in [0.29, 0.717) is 6.10 Å². The molecule has 0 aromatic carbocycles. The first kappa shape index (κ1) is 13.2. The van der Waals surface area contributed by atoms with Gasteiger partial charge in [0.15, 0.2) is 0 Å². The normalized spacial score (nSPS) is 27.2. The topological polar surface area (TPSA) is 45.8 Å². The van der Waals surface area contributed by atoms with Crippen LogP contribution in [0.5, 0.6) is 0 Å². The van der Waals surface area contributed by atoms with Gasteiger partial charge in [-0.15, -0.1) is 0 Å². The molecule has 2 rings (SSSR count). The molecule has 1 unspecified atom stereocenters. The number of hydrogen-bond donors (Lipinski definition) is 2. The van der Waals surface area contributed by atoms with Gasteiger partial charge in [0.25, 0.3) is 0 Å². The van der Waals surface area contributed by atoms with Crippen LogP contribution in [0.25, 0.3) is 0 Å². The third kappa shape index (κ3) is 5.31. The van der Waals surface area contributed by atoms with Crippen LogP contribution in [0.4, 0.5) is 0 Å². The number of ether oxygens (including phenoxy) is 2. The molecule has 100 valence electrons. The van der Waals surface area contributed by atoms with Crippen LogP contribution in [0.1, 0.15) is 6.42 Å². The van der Waals surface area contributed by atoms with E-state index in [0.717, 1.165) is 72.1 Å². The Morgan fingerprint density at radius 1 is 1.18 bits per heavy atom. The third-order valence-electron chi connectivity index (χ3n) is 3.36. The minimum atomic E-state index is 0.402. The van der Waals surface area contributed by atoms with Crippen molar-refractivity contribution in [2.45, 2.75) is 12.5 Å². The summed E-state index contributed by atoms with van der Waals surface area (Å²) in [6.07, 6.45) is 1.51. The van der Waals surface area contributed by atoms with Gasteiger partial charge in [-0.05, 0) is 13.0 Å². The standard InChI is InChI=1S/C12H25N3O2/c1(12-11-14-4-8-17-12)2-13-3-5-15-6-9-16-10-7-15/h12-14H,1-11H2. The molecular weight excluding hydrogens is 218 g/mol. The summed E-state index contributed by atoms with van der Waals surface area (Å²) >= 11 is 0. The van der Waals surface area contributed by atoms with Crippen molar-refractivity contribution in [1.82, 2.24) is 15.5 Å². The van der Waals surface area contributed by atoms with Crippen molar-refractivity contribution in [3.8, 4) is 0 Å². The molecular formula is C12H25N3O2. The van der Waals surface area contributed by atoms with E-state index < -0.39 is 0 Å². The maximum absolute atomic E-state index is 5.65. The van der Waals surface area contributed by atoms with E-state index in [1.165, 1.54) is 0 Å². The average Bonchev–Trinajstić information content (AvgIpc) is 2.41. The van der Waals surface area contributed by atoms with Crippen molar-refractivity contribution in [3.63, 3.8) is 0 Å². The van der Waals surface area contributed by atoms with Crippen molar-refractivity contribution < 1.29 is 9.47 Å². The highest BCUT2D eigenvalue weighted by molar-refractivity contribution is 4.69. The number of hydrogen-bond acceptors (Lipinski definition) is 5. The summed E-state index contributed by atoms with van der Waals surface area (Å²) in [6, 6.07) is 0. The van der Waals surface area contributed by atoms with E-state index in [9.17, 15) is 0 Å². The Kier molecular flexibility index (Phi) is 6.23. The molecule has 2 fully saturated rings. The minimum Gasteiger partial charge on any atom is -0.379 e. The van der Waals surface area contributed by atoms with Gasteiger partial charge >= 0.3 is 0 Å². The molecule has 5 nitrogen and oxygen atoms in total. The molecule has 2 saturated heterocycles. The van der Waals surface area contributed by atoms with E-state index in [-0.39, 0.29) is 0 Å². The largest absolute Gasteiger partial charge is 0.379 e. The molecule has 2 aliphatic rings. The van der Waals surface area contributed by atoms with Crippen LogP contribution < -0.4 is 10.6 Å². The highest BCUT2D eigenvalue weighted by Gasteiger charge is 2.12. The van der Waals surface area contributed by atoms with Crippen LogP contribution >= 0.6 is 0 Å². The van der Waals surface area contributed by atoms with Crippen LogP contribution in [0, 0.1) is 0 Å². The van der Waals surface area contributed by atoms with Gasteiger partial charge in [0.05, 0.1) is 25.9 Å². The molecule has 2 N–H and O–H groups in total. The first-order valence-corrected chi connectivity index (χ1v) is 6.78. The molecule has 0 bridgehead atoms. The Bertz CT molecular complexity index is 172. The quantitative estimate of drug-likeness (QED) is 0.603. The van der Waals surface area contributed by atoms with Gasteiger partial charge in [-0.3, -0.25) is 4.90 Å². The van der Waals surface area contributed by atoms with Crippen molar-refractivity contribution in [2.75, 3.05) is 65.6 Å². The van der Waals surface area contributed by atoms with Gasteiger partial charge in [-0.2, -0.15) is 0 Å². The zero-order valence-electron chi connectivity index (χ0n) is 10.6. The Hall–Kier alpha value is -0.200. The van der Waals surface area contributed by atoms with Crippen molar-refractivity contribution in [3.05, 3.63) is 0 Å². The molecule has 5 heteroatoms. The number of rotatable bonds is 6. The second-order valence-corrected chi connectivity index (χ2v) is 4.69. The van der Waals surface area contributed by atoms with Crippen LogP contribution in [-0.2, 0) is 9.47 Å². The molecule has 17 heavy (non-hydrogen) atoms. The predicted octanol–water partition coefficient (Wildman–Crippen LogP) is -0.713. The molecule has 2 heterocycles. The molecule has 0 spiro atoms. The average molecular weight is 243 g/mol. The zero-order valence-corrected chi connectivity index (χ0v) is 10.6. The summed E-state index contributed by atoms with van der Waals surface area (Å²) in [5, 5.41) is 6.84.